The lowest BCUT2D eigenvalue weighted by atomic mass is 9.77. The molecule has 0 bridgehead atoms. The Morgan fingerprint density at radius 2 is 1.69 bits per heavy atom. The van der Waals surface area contributed by atoms with E-state index in [1.165, 1.54) is 5.39 Å². The van der Waals surface area contributed by atoms with E-state index in [1.54, 1.807) is 4.90 Å². The molecule has 144 valence electrons. The van der Waals surface area contributed by atoms with Crippen LogP contribution < -0.4 is 4.90 Å². The first-order chi connectivity index (χ1) is 14.1. The van der Waals surface area contributed by atoms with Crippen molar-refractivity contribution in [2.24, 2.45) is 0 Å². The van der Waals surface area contributed by atoms with Gasteiger partial charge in [-0.2, -0.15) is 0 Å². The summed E-state index contributed by atoms with van der Waals surface area (Å²) in [5.74, 6) is 0.0601. The predicted octanol–water partition coefficient (Wildman–Crippen LogP) is 6.13. The number of rotatable bonds is 2. The minimum atomic E-state index is -0.168. The molecule has 0 fully saturated rings. The van der Waals surface area contributed by atoms with Crippen LogP contribution in [0.1, 0.15) is 37.2 Å². The molecular weight excluding hydrogens is 426 g/mol. The molecule has 1 aliphatic carbocycles. The molecule has 29 heavy (non-hydrogen) atoms. The van der Waals surface area contributed by atoms with Crippen LogP contribution in [-0.4, -0.2) is 11.7 Å². The van der Waals surface area contributed by atoms with Crippen LogP contribution in [0.25, 0.3) is 10.8 Å². The molecule has 0 radical (unpaired) electrons. The van der Waals surface area contributed by atoms with Gasteiger partial charge < -0.3 is 0 Å². The predicted molar refractivity (Wildman–Crippen MR) is 119 cm³/mol. The number of amides is 1. The summed E-state index contributed by atoms with van der Waals surface area (Å²) in [5, 5.41) is 2.30. The van der Waals surface area contributed by atoms with Crippen molar-refractivity contribution in [1.29, 1.82) is 0 Å². The van der Waals surface area contributed by atoms with Gasteiger partial charge in [0.2, 0.25) is 5.91 Å². The third-order valence-electron chi connectivity index (χ3n) is 5.92. The van der Waals surface area contributed by atoms with Crippen LogP contribution in [0.4, 0.5) is 5.69 Å². The van der Waals surface area contributed by atoms with Crippen molar-refractivity contribution < 1.29 is 9.59 Å². The number of halogens is 1. The van der Waals surface area contributed by atoms with E-state index in [4.69, 9.17) is 0 Å². The molecule has 1 atom stereocenters. The summed E-state index contributed by atoms with van der Waals surface area (Å²) in [5.41, 5.74) is 3.58. The van der Waals surface area contributed by atoms with Crippen molar-refractivity contribution in [1.82, 2.24) is 0 Å². The smallest absolute Gasteiger partial charge is 0.232 e. The lowest BCUT2D eigenvalue weighted by Gasteiger charge is -2.38. The fourth-order valence-corrected chi connectivity index (χ4v) is 5.00. The van der Waals surface area contributed by atoms with Crippen molar-refractivity contribution in [3.05, 3.63) is 88.0 Å². The maximum atomic E-state index is 13.3. The highest BCUT2D eigenvalue weighted by atomic mass is 79.9. The highest BCUT2D eigenvalue weighted by molar-refractivity contribution is 9.10. The Hall–Kier alpha value is -2.72. The highest BCUT2D eigenvalue weighted by Crippen LogP contribution is 2.44. The van der Waals surface area contributed by atoms with Crippen molar-refractivity contribution in [3.63, 3.8) is 0 Å². The van der Waals surface area contributed by atoms with Crippen LogP contribution in [0.15, 0.2) is 82.5 Å². The van der Waals surface area contributed by atoms with Gasteiger partial charge in [0.1, 0.15) is 0 Å². The first-order valence-electron chi connectivity index (χ1n) is 9.95. The second kappa shape index (κ2) is 7.27. The maximum Gasteiger partial charge on any atom is 0.232 e. The molecule has 3 nitrogen and oxygen atoms in total. The molecule has 1 heterocycles. The maximum absolute atomic E-state index is 13.3. The highest BCUT2D eigenvalue weighted by Gasteiger charge is 2.39. The summed E-state index contributed by atoms with van der Waals surface area (Å²) in [6.07, 6.45) is 2.42. The van der Waals surface area contributed by atoms with Crippen molar-refractivity contribution in [3.8, 4) is 0 Å². The number of fused-ring (bicyclic) bond motifs is 1. The molecule has 0 aromatic heterocycles. The molecule has 1 amide bonds. The van der Waals surface area contributed by atoms with Crippen molar-refractivity contribution >= 4 is 44.1 Å². The van der Waals surface area contributed by atoms with E-state index in [1.807, 2.05) is 36.4 Å². The number of benzene rings is 3. The Balaban J connectivity index is 1.66. The van der Waals surface area contributed by atoms with Gasteiger partial charge >= 0.3 is 0 Å². The minimum absolute atomic E-state index is 0.0507. The van der Waals surface area contributed by atoms with E-state index in [0.717, 1.165) is 45.2 Å². The van der Waals surface area contributed by atoms with E-state index in [0.29, 0.717) is 12.8 Å². The standard InChI is InChI=1S/C25H20BrNO2/c26-19-7-3-8-20(14-19)27-22-9-4-10-23(28)25(22)21(15-24(27)29)18-12-11-16-5-1-2-6-17(16)13-18/h1-3,5-8,11-14,21H,4,9-10,15H2. The van der Waals surface area contributed by atoms with E-state index in [2.05, 4.69) is 46.3 Å². The van der Waals surface area contributed by atoms with Crippen LogP contribution in [-0.2, 0) is 9.59 Å². The Labute approximate surface area is 178 Å². The Morgan fingerprint density at radius 1 is 0.862 bits per heavy atom. The van der Waals surface area contributed by atoms with Gasteiger partial charge in [0.25, 0.3) is 0 Å². The average molecular weight is 446 g/mol. The van der Waals surface area contributed by atoms with Gasteiger partial charge in [-0.25, -0.2) is 0 Å². The number of anilines is 1. The van der Waals surface area contributed by atoms with Crippen LogP contribution in [0, 0.1) is 0 Å². The van der Waals surface area contributed by atoms with Crippen LogP contribution >= 0.6 is 15.9 Å². The topological polar surface area (TPSA) is 37.4 Å². The number of hydrogen-bond acceptors (Lipinski definition) is 2. The quantitative estimate of drug-likeness (QED) is 0.475. The van der Waals surface area contributed by atoms with Crippen LogP contribution in [0.5, 0.6) is 0 Å². The number of nitrogens with zero attached hydrogens (tertiary/aromatic N) is 1. The molecule has 0 saturated heterocycles. The largest absolute Gasteiger partial charge is 0.294 e. The molecule has 0 spiro atoms. The van der Waals surface area contributed by atoms with Crippen LogP contribution in [0.3, 0.4) is 0 Å². The molecule has 1 unspecified atom stereocenters. The molecular formula is C25H20BrNO2. The molecule has 4 heteroatoms. The number of Topliss-reactive ketones (excluding diaryl/α,β-unsaturated/α-hetero) is 1. The van der Waals surface area contributed by atoms with Crippen LogP contribution in [0.2, 0.25) is 0 Å². The Bertz CT molecular complexity index is 1180. The molecule has 5 rings (SSSR count). The fourth-order valence-electron chi connectivity index (χ4n) is 4.62. The van der Waals surface area contributed by atoms with Gasteiger partial charge in [0.15, 0.2) is 5.78 Å². The van der Waals surface area contributed by atoms with Gasteiger partial charge in [-0.15, -0.1) is 0 Å². The zero-order valence-corrected chi connectivity index (χ0v) is 17.5. The second-order valence-electron chi connectivity index (χ2n) is 7.71. The third-order valence-corrected chi connectivity index (χ3v) is 6.41. The number of hydrogen-bond donors (Lipinski definition) is 0. The SMILES string of the molecule is O=C1CCCC2=C1C(c1ccc3ccccc3c1)CC(=O)N2c1cccc(Br)c1. The zero-order chi connectivity index (χ0) is 20.0. The summed E-state index contributed by atoms with van der Waals surface area (Å²) in [6, 6.07) is 22.2. The minimum Gasteiger partial charge on any atom is -0.294 e. The van der Waals surface area contributed by atoms with E-state index in [9.17, 15) is 9.59 Å². The summed E-state index contributed by atoms with van der Waals surface area (Å²) >= 11 is 3.50. The lowest BCUT2D eigenvalue weighted by molar-refractivity contribution is -0.119. The summed E-state index contributed by atoms with van der Waals surface area (Å²) in [7, 11) is 0. The monoisotopic (exact) mass is 445 g/mol. The Morgan fingerprint density at radius 3 is 2.52 bits per heavy atom. The first-order valence-corrected chi connectivity index (χ1v) is 10.7. The third kappa shape index (κ3) is 3.22. The molecule has 0 N–H and O–H groups in total. The summed E-state index contributed by atoms with van der Waals surface area (Å²) in [4.78, 5) is 28.1. The van der Waals surface area contributed by atoms with Gasteiger partial charge in [-0.1, -0.05) is 64.5 Å². The van der Waals surface area contributed by atoms with Crippen molar-refractivity contribution in [2.75, 3.05) is 4.90 Å². The van der Waals surface area contributed by atoms with E-state index in [-0.39, 0.29) is 17.6 Å². The molecule has 2 aliphatic rings. The lowest BCUT2D eigenvalue weighted by Crippen LogP contribution is -2.40. The number of carbonyl (C=O) groups is 2. The summed E-state index contributed by atoms with van der Waals surface area (Å²) in [6.45, 7) is 0. The Kier molecular flexibility index (Phi) is 4.59. The average Bonchev–Trinajstić information content (AvgIpc) is 2.73. The van der Waals surface area contributed by atoms with E-state index >= 15 is 0 Å². The molecule has 3 aromatic carbocycles. The fraction of sp³-hybridized carbons (Fsp3) is 0.200. The van der Waals surface area contributed by atoms with Gasteiger partial charge in [0.05, 0.1) is 0 Å². The van der Waals surface area contributed by atoms with Gasteiger partial charge in [-0.3, -0.25) is 14.5 Å². The number of carbonyl (C=O) groups excluding carboxylic acids is 2. The van der Waals surface area contributed by atoms with Gasteiger partial charge in [-0.05, 0) is 47.4 Å². The molecule has 0 saturated carbocycles. The zero-order valence-electron chi connectivity index (χ0n) is 15.9. The second-order valence-corrected chi connectivity index (χ2v) is 8.63. The van der Waals surface area contributed by atoms with E-state index < -0.39 is 0 Å². The normalized spacial score (nSPS) is 19.6. The number of ketones is 1. The molecule has 3 aromatic rings. The molecule has 1 aliphatic heterocycles. The van der Waals surface area contributed by atoms with Gasteiger partial charge in [0, 0.05) is 40.2 Å². The summed E-state index contributed by atoms with van der Waals surface area (Å²) < 4.78 is 0.920. The number of allylic oxidation sites excluding steroid dienone is 2. The first kappa shape index (κ1) is 18.3. The van der Waals surface area contributed by atoms with Crippen molar-refractivity contribution in [2.45, 2.75) is 31.6 Å².